The van der Waals surface area contributed by atoms with Crippen LogP contribution in [-0.4, -0.2) is 49.5 Å². The van der Waals surface area contributed by atoms with Gasteiger partial charge in [0.15, 0.2) is 15.0 Å². The minimum atomic E-state index is -3.48. The van der Waals surface area contributed by atoms with Gasteiger partial charge in [-0.05, 0) is 43.0 Å². The van der Waals surface area contributed by atoms with Crippen LogP contribution >= 0.6 is 23.1 Å². The second-order valence-corrected chi connectivity index (χ2v) is 11.3. The Morgan fingerprint density at radius 1 is 1.15 bits per heavy atom. The Bertz CT molecular complexity index is 1240. The van der Waals surface area contributed by atoms with Crippen molar-refractivity contribution in [1.29, 1.82) is 0 Å². The van der Waals surface area contributed by atoms with E-state index in [4.69, 9.17) is 0 Å². The highest BCUT2D eigenvalue weighted by Crippen LogP contribution is 2.25. The van der Waals surface area contributed by atoms with Gasteiger partial charge < -0.3 is 10.6 Å². The molecule has 0 saturated heterocycles. The Kier molecular flexibility index (Phi) is 8.28. The maximum Gasteiger partial charge on any atom is 0.251 e. The van der Waals surface area contributed by atoms with Gasteiger partial charge in [-0.25, -0.2) is 13.4 Å². The van der Waals surface area contributed by atoms with Crippen LogP contribution in [0.3, 0.4) is 0 Å². The van der Waals surface area contributed by atoms with Gasteiger partial charge in [0, 0.05) is 22.8 Å². The monoisotopic (exact) mass is 503 g/mol. The fraction of sp³-hybridized carbons (Fsp3) is 0.261. The van der Waals surface area contributed by atoms with E-state index in [0.29, 0.717) is 22.9 Å². The maximum absolute atomic E-state index is 12.9. The summed E-state index contributed by atoms with van der Waals surface area (Å²) in [5.41, 5.74) is 2.45. The third-order valence-electron chi connectivity index (χ3n) is 4.89. The molecular formula is C23H25N3O4S3. The largest absolute Gasteiger partial charge is 0.340 e. The summed E-state index contributed by atoms with van der Waals surface area (Å²) in [6, 6.07) is 13.3. The van der Waals surface area contributed by atoms with Crippen molar-refractivity contribution in [3.05, 3.63) is 65.0 Å². The van der Waals surface area contributed by atoms with Gasteiger partial charge in [0.2, 0.25) is 5.91 Å². The molecule has 1 aromatic heterocycles. The average molecular weight is 504 g/mol. The molecule has 0 aliphatic carbocycles. The Labute approximate surface area is 201 Å². The quantitative estimate of drug-likeness (QED) is 0.457. The van der Waals surface area contributed by atoms with E-state index in [1.54, 1.807) is 30.8 Å². The SMILES string of the molecule is CSCC[C@H](NC(=O)c1ccc(C)c(S(C)(=O)=O)c1)C(=O)Nc1nc(-c2ccccc2)cs1. The standard InChI is InChI=1S/C23H25N3O4S3/c1-15-9-10-17(13-20(15)33(3,29)30)21(27)24-18(11-12-31-2)22(28)26-23-25-19(14-32-23)16-7-5-4-6-8-16/h4-10,13-14,18H,11-12H2,1-3H3,(H,24,27)(H,25,26,28)/t18-/m0/s1. The first-order chi connectivity index (χ1) is 15.7. The van der Waals surface area contributed by atoms with Gasteiger partial charge in [-0.3, -0.25) is 9.59 Å². The lowest BCUT2D eigenvalue weighted by molar-refractivity contribution is -0.118. The molecule has 0 radical (unpaired) electrons. The van der Waals surface area contributed by atoms with Crippen molar-refractivity contribution in [3.8, 4) is 11.3 Å². The molecule has 2 N–H and O–H groups in total. The van der Waals surface area contributed by atoms with E-state index in [9.17, 15) is 18.0 Å². The molecular weight excluding hydrogens is 478 g/mol. The topological polar surface area (TPSA) is 105 Å². The number of benzene rings is 2. The molecule has 1 atom stereocenters. The minimum Gasteiger partial charge on any atom is -0.340 e. The summed E-state index contributed by atoms with van der Waals surface area (Å²) < 4.78 is 24.0. The minimum absolute atomic E-state index is 0.0940. The summed E-state index contributed by atoms with van der Waals surface area (Å²) in [7, 11) is -3.48. The van der Waals surface area contributed by atoms with Crippen molar-refractivity contribution < 1.29 is 18.0 Å². The molecule has 3 rings (SSSR count). The van der Waals surface area contributed by atoms with Crippen molar-refractivity contribution >= 4 is 49.9 Å². The highest BCUT2D eigenvalue weighted by molar-refractivity contribution is 7.98. The lowest BCUT2D eigenvalue weighted by Gasteiger charge is -2.18. The van der Waals surface area contributed by atoms with Crippen LogP contribution in [0.25, 0.3) is 11.3 Å². The lowest BCUT2D eigenvalue weighted by Crippen LogP contribution is -2.44. The number of aromatic nitrogens is 1. The third kappa shape index (κ3) is 6.66. The highest BCUT2D eigenvalue weighted by atomic mass is 32.2. The van der Waals surface area contributed by atoms with Gasteiger partial charge >= 0.3 is 0 Å². The van der Waals surface area contributed by atoms with E-state index in [2.05, 4.69) is 15.6 Å². The molecule has 0 aliphatic heterocycles. The van der Waals surface area contributed by atoms with Crippen LogP contribution in [0.2, 0.25) is 0 Å². The van der Waals surface area contributed by atoms with Crippen molar-refractivity contribution in [3.63, 3.8) is 0 Å². The smallest absolute Gasteiger partial charge is 0.251 e. The first-order valence-corrected chi connectivity index (χ1v) is 14.3. The number of sulfone groups is 1. The molecule has 10 heteroatoms. The van der Waals surface area contributed by atoms with Crippen molar-refractivity contribution in [2.24, 2.45) is 0 Å². The van der Waals surface area contributed by atoms with E-state index in [0.717, 1.165) is 17.5 Å². The van der Waals surface area contributed by atoms with Gasteiger partial charge in [-0.2, -0.15) is 11.8 Å². The second kappa shape index (κ2) is 11.0. The van der Waals surface area contributed by atoms with E-state index < -0.39 is 21.8 Å². The average Bonchev–Trinajstić information content (AvgIpc) is 3.25. The number of hydrogen-bond acceptors (Lipinski definition) is 7. The fourth-order valence-electron chi connectivity index (χ4n) is 3.15. The number of carbonyl (C=O) groups is 2. The summed E-state index contributed by atoms with van der Waals surface area (Å²) in [6.45, 7) is 1.67. The summed E-state index contributed by atoms with van der Waals surface area (Å²) >= 11 is 2.87. The second-order valence-electron chi connectivity index (χ2n) is 7.45. The normalized spacial score (nSPS) is 12.2. The molecule has 33 heavy (non-hydrogen) atoms. The van der Waals surface area contributed by atoms with Gasteiger partial charge in [-0.15, -0.1) is 11.3 Å². The zero-order chi connectivity index (χ0) is 24.0. The van der Waals surface area contributed by atoms with E-state index >= 15 is 0 Å². The number of nitrogens with one attached hydrogen (secondary N) is 2. The number of thioether (sulfide) groups is 1. The Morgan fingerprint density at radius 3 is 2.55 bits per heavy atom. The predicted molar refractivity (Wildman–Crippen MR) is 135 cm³/mol. The molecule has 0 aliphatic rings. The number of carbonyl (C=O) groups excluding carboxylic acids is 2. The third-order valence-corrected chi connectivity index (χ3v) is 7.53. The molecule has 0 fully saturated rings. The van der Waals surface area contributed by atoms with Crippen molar-refractivity contribution in [2.75, 3.05) is 23.6 Å². The number of anilines is 1. The predicted octanol–water partition coefficient (Wildman–Crippen LogP) is 4.01. The molecule has 0 unspecified atom stereocenters. The first kappa shape index (κ1) is 24.9. The zero-order valence-electron chi connectivity index (χ0n) is 18.5. The van der Waals surface area contributed by atoms with Crippen LogP contribution in [0.4, 0.5) is 5.13 Å². The first-order valence-electron chi connectivity index (χ1n) is 10.1. The molecule has 174 valence electrons. The van der Waals surface area contributed by atoms with E-state index in [1.807, 2.05) is 42.0 Å². The van der Waals surface area contributed by atoms with Crippen LogP contribution in [0, 0.1) is 6.92 Å². The molecule has 1 heterocycles. The Hall–Kier alpha value is -2.69. The van der Waals surface area contributed by atoms with Gasteiger partial charge in [-0.1, -0.05) is 36.4 Å². The van der Waals surface area contributed by atoms with Crippen LogP contribution < -0.4 is 10.6 Å². The van der Waals surface area contributed by atoms with Gasteiger partial charge in [0.1, 0.15) is 6.04 Å². The summed E-state index contributed by atoms with van der Waals surface area (Å²) in [5.74, 6) is -0.222. The maximum atomic E-state index is 12.9. The summed E-state index contributed by atoms with van der Waals surface area (Å²) in [4.78, 5) is 30.4. The summed E-state index contributed by atoms with van der Waals surface area (Å²) in [6.07, 6.45) is 3.44. The number of thiazole rings is 1. The van der Waals surface area contributed by atoms with Crippen molar-refractivity contribution in [1.82, 2.24) is 10.3 Å². The Morgan fingerprint density at radius 2 is 1.88 bits per heavy atom. The number of nitrogens with zero attached hydrogens (tertiary/aromatic N) is 1. The van der Waals surface area contributed by atoms with Gasteiger partial charge in [0.05, 0.1) is 10.6 Å². The fourth-order valence-corrected chi connectivity index (χ4v) is 5.34. The number of rotatable bonds is 9. The molecule has 2 amide bonds. The molecule has 2 aromatic carbocycles. The number of hydrogen-bond donors (Lipinski definition) is 2. The van der Waals surface area contributed by atoms with E-state index in [1.165, 1.54) is 17.4 Å². The molecule has 0 bridgehead atoms. The Balaban J connectivity index is 1.75. The van der Waals surface area contributed by atoms with Crippen molar-refractivity contribution in [2.45, 2.75) is 24.3 Å². The molecule has 7 nitrogen and oxygen atoms in total. The van der Waals surface area contributed by atoms with Gasteiger partial charge in [0.25, 0.3) is 5.91 Å². The number of aryl methyl sites for hydroxylation is 1. The number of amides is 2. The zero-order valence-corrected chi connectivity index (χ0v) is 20.9. The van der Waals surface area contributed by atoms with Crippen LogP contribution in [0.5, 0.6) is 0 Å². The molecule has 0 spiro atoms. The lowest BCUT2D eigenvalue weighted by atomic mass is 10.1. The highest BCUT2D eigenvalue weighted by Gasteiger charge is 2.23. The van der Waals surface area contributed by atoms with Crippen LogP contribution in [0.1, 0.15) is 22.3 Å². The van der Waals surface area contributed by atoms with E-state index in [-0.39, 0.29) is 16.4 Å². The van der Waals surface area contributed by atoms with Crippen LogP contribution in [-0.2, 0) is 14.6 Å². The molecule has 3 aromatic rings. The molecule has 0 saturated carbocycles. The summed E-state index contributed by atoms with van der Waals surface area (Å²) in [5, 5.41) is 7.84. The van der Waals surface area contributed by atoms with Crippen LogP contribution in [0.15, 0.2) is 58.8 Å².